The number of aromatic nitrogens is 1. The van der Waals surface area contributed by atoms with Gasteiger partial charge in [-0.3, -0.25) is 4.79 Å². The summed E-state index contributed by atoms with van der Waals surface area (Å²) in [5.74, 6) is 0.533. The highest BCUT2D eigenvalue weighted by Crippen LogP contribution is 2.25. The van der Waals surface area contributed by atoms with E-state index in [1.807, 2.05) is 51.2 Å². The van der Waals surface area contributed by atoms with Crippen LogP contribution < -0.4 is 10.6 Å². The zero-order valence-corrected chi connectivity index (χ0v) is 25.5. The summed E-state index contributed by atoms with van der Waals surface area (Å²) < 4.78 is 27.2. The Morgan fingerprint density at radius 2 is 1.75 bits per heavy atom. The van der Waals surface area contributed by atoms with Crippen LogP contribution in [0, 0.1) is 11.7 Å². The predicted molar refractivity (Wildman–Crippen MR) is 163 cm³/mol. The van der Waals surface area contributed by atoms with Gasteiger partial charge >= 0.3 is 0 Å². The molecule has 1 amide bonds. The average molecular weight is 576 g/mol. The quantitative estimate of drug-likeness (QED) is 0.202. The lowest BCUT2D eigenvalue weighted by Gasteiger charge is -2.21. The molecule has 1 saturated carbocycles. The molecule has 1 aromatic heterocycles. The van der Waals surface area contributed by atoms with Gasteiger partial charge in [0.1, 0.15) is 5.82 Å². The van der Waals surface area contributed by atoms with Gasteiger partial charge in [0, 0.05) is 57.0 Å². The summed E-state index contributed by atoms with van der Waals surface area (Å²) in [7, 11) is 3.27. The van der Waals surface area contributed by atoms with Gasteiger partial charge in [0.05, 0.1) is 17.7 Å². The van der Waals surface area contributed by atoms with Crippen LogP contribution in [0.5, 0.6) is 0 Å². The number of amides is 1. The Hall–Kier alpha value is -2.45. The van der Waals surface area contributed by atoms with Crippen molar-refractivity contribution >= 4 is 28.9 Å². The summed E-state index contributed by atoms with van der Waals surface area (Å²) in [6.45, 7) is 9.73. The Morgan fingerprint density at radius 1 is 1.10 bits per heavy atom. The molecule has 0 saturated heterocycles. The minimum atomic E-state index is -0.205. The number of nitrogens with zero attached hydrogens (tertiary/aromatic N) is 1. The number of nitrogens with one attached hydrogen (secondary N) is 2. The van der Waals surface area contributed by atoms with E-state index in [4.69, 9.17) is 25.9 Å². The molecular formula is C32H47ClFN3O3. The molecule has 3 aromatic rings. The number of halogens is 2. The summed E-state index contributed by atoms with van der Waals surface area (Å²) in [5.41, 5.74) is 3.07. The summed E-state index contributed by atoms with van der Waals surface area (Å²) in [6, 6.07) is 13.1. The fourth-order valence-electron chi connectivity index (χ4n) is 4.38. The lowest BCUT2D eigenvalue weighted by molar-refractivity contribution is -0.109. The third kappa shape index (κ3) is 12.8. The van der Waals surface area contributed by atoms with Gasteiger partial charge < -0.3 is 24.7 Å². The van der Waals surface area contributed by atoms with Crippen LogP contribution in [0.1, 0.15) is 64.0 Å². The standard InChI is InChI=1S/C25H30ClFN2O.C5H12O.C2H5NO/c26-22-8-6-19(7-9-22)17-29-12-10-24-21(14-23(27)15-25(24)29)16-28-11-13-30-18-20-4-2-1-3-5-20;1-5(2,3)6-4;1-3-2-4/h6-10,12,14-15,20,28H,1-5,11,13,16-18H2;1-4H3;2H,1H3,(H,3,4). The summed E-state index contributed by atoms with van der Waals surface area (Å²) in [4.78, 5) is 9.06. The van der Waals surface area contributed by atoms with E-state index in [0.717, 1.165) is 46.1 Å². The molecule has 0 aliphatic heterocycles. The van der Waals surface area contributed by atoms with Crippen molar-refractivity contribution in [1.29, 1.82) is 0 Å². The molecule has 6 nitrogen and oxygen atoms in total. The van der Waals surface area contributed by atoms with Crippen molar-refractivity contribution in [2.24, 2.45) is 5.92 Å². The van der Waals surface area contributed by atoms with Crippen molar-refractivity contribution in [2.75, 3.05) is 33.9 Å². The molecule has 2 N–H and O–H groups in total. The third-order valence-corrected chi connectivity index (χ3v) is 7.00. The molecule has 0 atom stereocenters. The van der Waals surface area contributed by atoms with Gasteiger partial charge in [-0.15, -0.1) is 0 Å². The number of ether oxygens (including phenoxy) is 2. The average Bonchev–Trinajstić information content (AvgIpc) is 3.34. The normalized spacial score (nSPS) is 13.7. The van der Waals surface area contributed by atoms with Crippen LogP contribution in [0.15, 0.2) is 48.7 Å². The summed E-state index contributed by atoms with van der Waals surface area (Å²) >= 11 is 5.98. The zero-order valence-electron chi connectivity index (χ0n) is 24.8. The van der Waals surface area contributed by atoms with E-state index >= 15 is 0 Å². The second kappa shape index (κ2) is 18.1. The minimum Gasteiger partial charge on any atom is -0.380 e. The molecule has 8 heteroatoms. The largest absolute Gasteiger partial charge is 0.380 e. The first kappa shape index (κ1) is 33.8. The summed E-state index contributed by atoms with van der Waals surface area (Å²) in [6.07, 6.45) is 9.33. The van der Waals surface area contributed by atoms with Gasteiger partial charge in [0.15, 0.2) is 0 Å². The molecule has 40 heavy (non-hydrogen) atoms. The highest BCUT2D eigenvalue weighted by Gasteiger charge is 2.13. The predicted octanol–water partition coefficient (Wildman–Crippen LogP) is 6.96. The van der Waals surface area contributed by atoms with Crippen LogP contribution in [-0.4, -0.2) is 50.5 Å². The minimum absolute atomic E-state index is 0.0417. The molecule has 1 aliphatic rings. The number of hydrogen-bond acceptors (Lipinski definition) is 4. The SMILES string of the molecule is CNC=O.COC(C)(C)C.Fc1cc(CNCCOCC2CCCCC2)c2ccn(Cc3ccc(Cl)cc3)c2c1. The maximum absolute atomic E-state index is 14.3. The molecule has 0 radical (unpaired) electrons. The van der Waals surface area contributed by atoms with Gasteiger partial charge in [0.2, 0.25) is 6.41 Å². The molecule has 4 rings (SSSR count). The van der Waals surface area contributed by atoms with E-state index in [2.05, 4.69) is 21.3 Å². The molecule has 1 fully saturated rings. The zero-order chi connectivity index (χ0) is 29.4. The van der Waals surface area contributed by atoms with Crippen LogP contribution in [-0.2, 0) is 27.4 Å². The van der Waals surface area contributed by atoms with E-state index < -0.39 is 0 Å². The molecule has 1 heterocycles. The molecule has 0 bridgehead atoms. The lowest BCUT2D eigenvalue weighted by Crippen LogP contribution is -2.22. The van der Waals surface area contributed by atoms with Crippen molar-refractivity contribution < 1.29 is 18.7 Å². The number of methoxy groups -OCH3 is 1. The van der Waals surface area contributed by atoms with E-state index in [9.17, 15) is 4.39 Å². The number of fused-ring (bicyclic) bond motifs is 1. The summed E-state index contributed by atoms with van der Waals surface area (Å²) in [5, 5.41) is 7.46. The van der Waals surface area contributed by atoms with Crippen LogP contribution in [0.25, 0.3) is 10.9 Å². The van der Waals surface area contributed by atoms with Crippen LogP contribution >= 0.6 is 11.6 Å². The van der Waals surface area contributed by atoms with Crippen LogP contribution in [0.2, 0.25) is 5.02 Å². The van der Waals surface area contributed by atoms with Gasteiger partial charge in [-0.05, 0) is 81.0 Å². The second-order valence-electron chi connectivity index (χ2n) is 11.0. The van der Waals surface area contributed by atoms with E-state index in [0.29, 0.717) is 26.1 Å². The highest BCUT2D eigenvalue weighted by molar-refractivity contribution is 6.30. The number of benzene rings is 2. The molecule has 2 aromatic carbocycles. The molecule has 1 aliphatic carbocycles. The van der Waals surface area contributed by atoms with Gasteiger partial charge in [0.25, 0.3) is 0 Å². The second-order valence-corrected chi connectivity index (χ2v) is 11.5. The Bertz CT molecular complexity index is 1120. The van der Waals surface area contributed by atoms with Crippen molar-refractivity contribution in [3.05, 3.63) is 70.6 Å². The number of hydrogen-bond donors (Lipinski definition) is 2. The van der Waals surface area contributed by atoms with Crippen molar-refractivity contribution in [2.45, 2.75) is 71.6 Å². The maximum Gasteiger partial charge on any atom is 0.206 e. The van der Waals surface area contributed by atoms with Crippen molar-refractivity contribution in [1.82, 2.24) is 15.2 Å². The monoisotopic (exact) mass is 575 g/mol. The first-order chi connectivity index (χ1) is 19.2. The van der Waals surface area contributed by atoms with Gasteiger partial charge in [-0.1, -0.05) is 43.0 Å². The van der Waals surface area contributed by atoms with Gasteiger partial charge in [-0.2, -0.15) is 0 Å². The Balaban J connectivity index is 0.000000482. The molecule has 222 valence electrons. The lowest BCUT2D eigenvalue weighted by atomic mass is 9.90. The smallest absolute Gasteiger partial charge is 0.206 e. The van der Waals surface area contributed by atoms with Crippen LogP contribution in [0.4, 0.5) is 4.39 Å². The topological polar surface area (TPSA) is 64.5 Å². The van der Waals surface area contributed by atoms with E-state index in [-0.39, 0.29) is 11.4 Å². The number of carbonyl (C=O) groups excluding carboxylic acids is 1. The first-order valence-corrected chi connectivity index (χ1v) is 14.5. The van der Waals surface area contributed by atoms with Crippen LogP contribution in [0.3, 0.4) is 0 Å². The highest BCUT2D eigenvalue weighted by atomic mass is 35.5. The third-order valence-electron chi connectivity index (χ3n) is 6.75. The molecular weight excluding hydrogens is 529 g/mol. The fraction of sp³-hybridized carbons (Fsp3) is 0.531. The number of carbonyl (C=O) groups is 1. The van der Waals surface area contributed by atoms with Crippen molar-refractivity contribution in [3.8, 4) is 0 Å². The Kier molecular flexibility index (Phi) is 15.3. The van der Waals surface area contributed by atoms with Crippen molar-refractivity contribution in [3.63, 3.8) is 0 Å². The molecule has 0 unspecified atom stereocenters. The maximum atomic E-state index is 14.3. The fourth-order valence-corrected chi connectivity index (χ4v) is 4.50. The first-order valence-electron chi connectivity index (χ1n) is 14.1. The Labute approximate surface area is 244 Å². The van der Waals surface area contributed by atoms with Gasteiger partial charge in [-0.25, -0.2) is 4.39 Å². The Morgan fingerprint density at radius 3 is 2.35 bits per heavy atom. The number of rotatable bonds is 10. The molecule has 0 spiro atoms. The van der Waals surface area contributed by atoms with E-state index in [1.54, 1.807) is 26.3 Å². The van der Waals surface area contributed by atoms with E-state index in [1.165, 1.54) is 32.1 Å².